The van der Waals surface area contributed by atoms with E-state index in [-0.39, 0.29) is 18.8 Å². The molecule has 0 aliphatic rings. The molecule has 1 heterocycles. The van der Waals surface area contributed by atoms with Crippen molar-refractivity contribution in [1.29, 1.82) is 0 Å². The molecule has 4 aromatic carbocycles. The van der Waals surface area contributed by atoms with Gasteiger partial charge in [-0.25, -0.2) is 14.4 Å². The zero-order valence-corrected chi connectivity index (χ0v) is 23.2. The third-order valence-electron chi connectivity index (χ3n) is 6.79. The van der Waals surface area contributed by atoms with Crippen molar-refractivity contribution < 1.29 is 28.2 Å². The number of hydrogen-bond acceptors (Lipinski definition) is 7. The highest BCUT2D eigenvalue weighted by Gasteiger charge is 2.25. The van der Waals surface area contributed by atoms with Gasteiger partial charge in [-0.05, 0) is 53.4 Å². The summed E-state index contributed by atoms with van der Waals surface area (Å²) in [7, 11) is 1.58. The molecule has 1 aromatic heterocycles. The minimum absolute atomic E-state index is 0.0547. The number of nitrogens with one attached hydrogen (secondary N) is 1. The van der Waals surface area contributed by atoms with Crippen LogP contribution in [0.3, 0.4) is 0 Å². The number of methoxy groups -OCH3 is 1. The molecule has 1 amide bonds. The Morgan fingerprint density at radius 3 is 2.19 bits per heavy atom. The molecular formula is C34H29NO7. The molecule has 1 N–H and O–H groups in total. The molecule has 8 nitrogen and oxygen atoms in total. The Morgan fingerprint density at radius 2 is 1.52 bits per heavy atom. The maximum Gasteiger partial charge on any atom is 0.408 e. The number of fused-ring (bicyclic) bond motifs is 1. The van der Waals surface area contributed by atoms with Crippen LogP contribution in [0.1, 0.15) is 16.7 Å². The van der Waals surface area contributed by atoms with Crippen LogP contribution in [-0.4, -0.2) is 25.2 Å². The summed E-state index contributed by atoms with van der Waals surface area (Å²) < 4.78 is 21.9. The maximum atomic E-state index is 13.4. The third kappa shape index (κ3) is 6.67. The largest absolute Gasteiger partial charge is 0.497 e. The van der Waals surface area contributed by atoms with Crippen molar-refractivity contribution in [3.8, 4) is 22.6 Å². The normalized spacial score (nSPS) is 11.5. The lowest BCUT2D eigenvalue weighted by Gasteiger charge is -2.19. The Kier molecular flexibility index (Phi) is 8.63. The second-order valence-electron chi connectivity index (χ2n) is 9.64. The fraction of sp³-hybridized carbons (Fsp3) is 0.147. The number of alkyl carbamates (subject to hydrolysis) is 1. The summed E-state index contributed by atoms with van der Waals surface area (Å²) in [6.07, 6.45) is -0.564. The standard InChI is InChI=1S/C34H29NO7/c1-22-30(18-17-27-28(20-31(36)42-32(22)27)25-13-15-26(39-2)16-14-25)41-33(37)29(19-23-9-5-3-6-10-23)35-34(38)40-21-24-11-7-4-8-12-24/h3-18,20,29H,19,21H2,1-2H3,(H,35,38)/t29-/m1/s1. The van der Waals surface area contributed by atoms with Crippen LogP contribution in [-0.2, 0) is 22.6 Å². The second kappa shape index (κ2) is 12.9. The number of benzene rings is 4. The molecule has 0 bridgehead atoms. The van der Waals surface area contributed by atoms with E-state index < -0.39 is 23.7 Å². The summed E-state index contributed by atoms with van der Waals surface area (Å²) in [5.41, 5.74) is 3.36. The number of aryl methyl sites for hydroxylation is 1. The van der Waals surface area contributed by atoms with E-state index in [1.54, 1.807) is 26.2 Å². The summed E-state index contributed by atoms with van der Waals surface area (Å²) in [5, 5.41) is 3.32. The lowest BCUT2D eigenvalue weighted by molar-refractivity contribution is -0.136. The first kappa shape index (κ1) is 28.2. The molecule has 1 atom stereocenters. The van der Waals surface area contributed by atoms with Crippen molar-refractivity contribution in [3.63, 3.8) is 0 Å². The number of esters is 1. The van der Waals surface area contributed by atoms with Gasteiger partial charge in [0.25, 0.3) is 0 Å². The number of amides is 1. The Labute approximate surface area is 242 Å². The molecule has 0 aliphatic carbocycles. The van der Waals surface area contributed by atoms with Crippen molar-refractivity contribution in [2.24, 2.45) is 0 Å². The average Bonchev–Trinajstić information content (AvgIpc) is 3.02. The Bertz CT molecular complexity index is 1750. The molecule has 0 saturated carbocycles. The van der Waals surface area contributed by atoms with Crippen LogP contribution >= 0.6 is 0 Å². The maximum absolute atomic E-state index is 13.4. The lowest BCUT2D eigenvalue weighted by atomic mass is 10.00. The first-order valence-corrected chi connectivity index (χ1v) is 13.4. The van der Waals surface area contributed by atoms with E-state index in [4.69, 9.17) is 18.6 Å². The van der Waals surface area contributed by atoms with Crippen molar-refractivity contribution >= 4 is 23.0 Å². The highest BCUT2D eigenvalue weighted by Crippen LogP contribution is 2.34. The van der Waals surface area contributed by atoms with Crippen molar-refractivity contribution in [1.82, 2.24) is 5.32 Å². The van der Waals surface area contributed by atoms with Crippen LogP contribution < -0.4 is 20.4 Å². The predicted molar refractivity (Wildman–Crippen MR) is 159 cm³/mol. The van der Waals surface area contributed by atoms with Gasteiger partial charge in [-0.1, -0.05) is 72.8 Å². The van der Waals surface area contributed by atoms with Gasteiger partial charge in [0.1, 0.15) is 29.7 Å². The average molecular weight is 564 g/mol. The molecule has 0 radical (unpaired) electrons. The Morgan fingerprint density at radius 1 is 0.857 bits per heavy atom. The van der Waals surface area contributed by atoms with Crippen LogP contribution in [0.25, 0.3) is 22.1 Å². The molecular weight excluding hydrogens is 534 g/mol. The van der Waals surface area contributed by atoms with E-state index >= 15 is 0 Å². The van der Waals surface area contributed by atoms with E-state index in [0.717, 1.165) is 16.7 Å². The smallest absolute Gasteiger partial charge is 0.408 e. The minimum atomic E-state index is -1.04. The molecule has 5 aromatic rings. The van der Waals surface area contributed by atoms with E-state index in [1.165, 1.54) is 6.07 Å². The molecule has 42 heavy (non-hydrogen) atoms. The zero-order chi connectivity index (χ0) is 29.5. The van der Waals surface area contributed by atoms with Crippen molar-refractivity contribution in [2.75, 3.05) is 7.11 Å². The SMILES string of the molecule is COc1ccc(-c2cc(=O)oc3c(C)c(OC(=O)[C@@H](Cc4ccccc4)NC(=O)OCc4ccccc4)ccc23)cc1. The molecule has 212 valence electrons. The fourth-order valence-electron chi connectivity index (χ4n) is 4.59. The Hall–Kier alpha value is -5.37. The Balaban J connectivity index is 1.39. The van der Waals surface area contributed by atoms with Gasteiger partial charge in [0, 0.05) is 23.4 Å². The fourth-order valence-corrected chi connectivity index (χ4v) is 4.59. The monoisotopic (exact) mass is 563 g/mol. The van der Waals surface area contributed by atoms with Crippen molar-refractivity contribution in [2.45, 2.75) is 26.0 Å². The molecule has 0 aliphatic heterocycles. The summed E-state index contributed by atoms with van der Waals surface area (Å²) in [6.45, 7) is 1.76. The number of carbonyl (C=O) groups excluding carboxylic acids is 2. The van der Waals surface area contributed by atoms with Crippen molar-refractivity contribution in [3.05, 3.63) is 130 Å². The topological polar surface area (TPSA) is 104 Å². The summed E-state index contributed by atoms with van der Waals surface area (Å²) in [6, 6.07) is 29.6. The van der Waals surface area contributed by atoms with Crippen LogP contribution in [0, 0.1) is 6.92 Å². The summed E-state index contributed by atoms with van der Waals surface area (Å²) in [4.78, 5) is 38.6. The van der Waals surface area contributed by atoms with E-state index in [1.807, 2.05) is 84.9 Å². The van der Waals surface area contributed by atoms with Gasteiger partial charge in [-0.2, -0.15) is 0 Å². The number of hydrogen-bond donors (Lipinski definition) is 1. The highest BCUT2D eigenvalue weighted by atomic mass is 16.6. The van der Waals surface area contributed by atoms with Gasteiger partial charge in [-0.15, -0.1) is 0 Å². The molecule has 0 unspecified atom stereocenters. The lowest BCUT2D eigenvalue weighted by Crippen LogP contribution is -2.44. The van der Waals surface area contributed by atoms with Gasteiger partial charge < -0.3 is 23.9 Å². The van der Waals surface area contributed by atoms with Gasteiger partial charge in [0.15, 0.2) is 0 Å². The van der Waals surface area contributed by atoms with Crippen LogP contribution in [0.2, 0.25) is 0 Å². The number of carbonyl (C=O) groups is 2. The molecule has 0 saturated heterocycles. The second-order valence-corrected chi connectivity index (χ2v) is 9.64. The van der Waals surface area contributed by atoms with Crippen LogP contribution in [0.4, 0.5) is 4.79 Å². The molecule has 8 heteroatoms. The third-order valence-corrected chi connectivity index (χ3v) is 6.79. The highest BCUT2D eigenvalue weighted by molar-refractivity contribution is 5.96. The van der Waals surface area contributed by atoms with E-state index in [0.29, 0.717) is 27.8 Å². The van der Waals surface area contributed by atoms with Crippen LogP contribution in [0.15, 0.2) is 112 Å². The van der Waals surface area contributed by atoms with E-state index in [9.17, 15) is 14.4 Å². The summed E-state index contributed by atoms with van der Waals surface area (Å²) in [5.74, 6) is 0.214. The van der Waals surface area contributed by atoms with Gasteiger partial charge >= 0.3 is 17.7 Å². The quantitative estimate of drug-likeness (QED) is 0.129. The zero-order valence-electron chi connectivity index (χ0n) is 23.2. The molecule has 0 spiro atoms. The van der Waals surface area contributed by atoms with Crippen LogP contribution in [0.5, 0.6) is 11.5 Å². The number of rotatable bonds is 9. The number of ether oxygens (including phenoxy) is 3. The van der Waals surface area contributed by atoms with Gasteiger partial charge in [0.2, 0.25) is 0 Å². The molecule has 0 fully saturated rings. The first-order valence-electron chi connectivity index (χ1n) is 13.4. The van der Waals surface area contributed by atoms with Gasteiger partial charge in [-0.3, -0.25) is 0 Å². The van der Waals surface area contributed by atoms with Gasteiger partial charge in [0.05, 0.1) is 7.11 Å². The molecule has 5 rings (SSSR count). The summed E-state index contributed by atoms with van der Waals surface area (Å²) >= 11 is 0. The predicted octanol–water partition coefficient (Wildman–Crippen LogP) is 6.22. The minimum Gasteiger partial charge on any atom is -0.497 e. The first-order chi connectivity index (χ1) is 20.4. The van der Waals surface area contributed by atoms with E-state index in [2.05, 4.69) is 5.32 Å².